The summed E-state index contributed by atoms with van der Waals surface area (Å²) in [4.78, 5) is 10.6. The molecule has 0 saturated carbocycles. The van der Waals surface area contributed by atoms with Gasteiger partial charge >= 0.3 is 0 Å². The molecule has 0 bridgehead atoms. The van der Waals surface area contributed by atoms with Crippen LogP contribution in [0.25, 0.3) is 0 Å². The van der Waals surface area contributed by atoms with E-state index in [2.05, 4.69) is 5.32 Å². The number of methoxy groups -OCH3 is 3. The van der Waals surface area contributed by atoms with Crippen LogP contribution in [0.15, 0.2) is 12.1 Å². The Bertz CT molecular complexity index is 435. The van der Waals surface area contributed by atoms with Gasteiger partial charge in [-0.3, -0.25) is 4.79 Å². The van der Waals surface area contributed by atoms with Crippen LogP contribution in [-0.4, -0.2) is 40.3 Å². The monoisotopic (exact) mass is 268 g/mol. The van der Waals surface area contributed by atoms with E-state index in [1.54, 1.807) is 27.4 Å². The predicted molar refractivity (Wildman–Crippen MR) is 71.9 cm³/mol. The summed E-state index contributed by atoms with van der Waals surface area (Å²) in [6, 6.07) is 3.64. The van der Waals surface area contributed by atoms with Crippen LogP contribution in [-0.2, 0) is 11.2 Å². The number of carbonyl (C=O) groups excluding carboxylic acids is 1. The Morgan fingerprint density at radius 1 is 1.11 bits per heavy atom. The zero-order valence-corrected chi connectivity index (χ0v) is 11.5. The zero-order valence-electron chi connectivity index (χ0n) is 11.5. The molecule has 0 spiro atoms. The molecule has 0 unspecified atom stereocenters. The first-order chi connectivity index (χ1) is 9.12. The molecule has 3 N–H and O–H groups in total. The standard InChI is InChI=1S/C13H20N2O4/c1-17-10-7-12(19-3)11(18-2)6-9(10)4-5-15-8-13(14)16/h6-7,15H,4-5,8H2,1-3H3,(H2,14,16). The topological polar surface area (TPSA) is 82.8 Å². The highest BCUT2D eigenvalue weighted by Gasteiger charge is 2.11. The molecular weight excluding hydrogens is 248 g/mol. The summed E-state index contributed by atoms with van der Waals surface area (Å²) in [5.41, 5.74) is 6.02. The van der Waals surface area contributed by atoms with E-state index in [9.17, 15) is 4.79 Å². The first-order valence-corrected chi connectivity index (χ1v) is 5.90. The second kappa shape index (κ2) is 7.48. The lowest BCUT2D eigenvalue weighted by molar-refractivity contribution is -0.117. The highest BCUT2D eigenvalue weighted by atomic mass is 16.5. The van der Waals surface area contributed by atoms with Crippen molar-refractivity contribution in [2.75, 3.05) is 34.4 Å². The summed E-state index contributed by atoms with van der Waals surface area (Å²) in [5.74, 6) is 1.61. The van der Waals surface area contributed by atoms with Crippen molar-refractivity contribution in [2.24, 2.45) is 5.73 Å². The third-order valence-corrected chi connectivity index (χ3v) is 2.66. The van der Waals surface area contributed by atoms with Crippen LogP contribution in [0.4, 0.5) is 0 Å². The molecular formula is C13H20N2O4. The lowest BCUT2D eigenvalue weighted by Crippen LogP contribution is -2.29. The van der Waals surface area contributed by atoms with E-state index < -0.39 is 0 Å². The smallest absolute Gasteiger partial charge is 0.231 e. The molecule has 0 aliphatic heterocycles. The summed E-state index contributed by atoms with van der Waals surface area (Å²) >= 11 is 0. The van der Waals surface area contributed by atoms with E-state index in [4.69, 9.17) is 19.9 Å². The van der Waals surface area contributed by atoms with Crippen molar-refractivity contribution < 1.29 is 19.0 Å². The van der Waals surface area contributed by atoms with Crippen molar-refractivity contribution in [3.8, 4) is 17.2 Å². The predicted octanol–water partition coefficient (Wildman–Crippen LogP) is 0.330. The zero-order chi connectivity index (χ0) is 14.3. The second-order valence-electron chi connectivity index (χ2n) is 3.91. The summed E-state index contributed by atoms with van der Waals surface area (Å²) in [5, 5.41) is 2.95. The molecule has 1 aromatic carbocycles. The minimum atomic E-state index is -0.376. The lowest BCUT2D eigenvalue weighted by Gasteiger charge is -2.14. The Kier molecular flexibility index (Phi) is 5.95. The fraction of sp³-hybridized carbons (Fsp3) is 0.462. The maximum absolute atomic E-state index is 10.6. The summed E-state index contributed by atoms with van der Waals surface area (Å²) in [7, 11) is 4.76. The molecule has 6 nitrogen and oxygen atoms in total. The molecule has 0 fully saturated rings. The van der Waals surface area contributed by atoms with Crippen molar-refractivity contribution in [1.82, 2.24) is 5.32 Å². The summed E-state index contributed by atoms with van der Waals surface area (Å²) in [6.45, 7) is 0.782. The fourth-order valence-electron chi connectivity index (χ4n) is 1.72. The Balaban J connectivity index is 2.77. The maximum atomic E-state index is 10.6. The van der Waals surface area contributed by atoms with E-state index in [0.717, 1.165) is 11.3 Å². The number of hydrogen-bond donors (Lipinski definition) is 2. The van der Waals surface area contributed by atoms with Crippen molar-refractivity contribution in [3.05, 3.63) is 17.7 Å². The van der Waals surface area contributed by atoms with Gasteiger partial charge in [0.25, 0.3) is 0 Å². The number of rotatable bonds is 8. The number of hydrogen-bond acceptors (Lipinski definition) is 5. The normalized spacial score (nSPS) is 10.1. The van der Waals surface area contributed by atoms with Gasteiger partial charge in [-0.2, -0.15) is 0 Å². The average Bonchev–Trinajstić information content (AvgIpc) is 2.42. The minimum Gasteiger partial charge on any atom is -0.496 e. The fourth-order valence-corrected chi connectivity index (χ4v) is 1.72. The van der Waals surface area contributed by atoms with Gasteiger partial charge in [0.05, 0.1) is 27.9 Å². The molecule has 1 amide bonds. The lowest BCUT2D eigenvalue weighted by atomic mass is 10.1. The molecule has 0 saturated heterocycles. The quantitative estimate of drug-likeness (QED) is 0.664. The van der Waals surface area contributed by atoms with Crippen molar-refractivity contribution >= 4 is 5.91 Å². The van der Waals surface area contributed by atoms with Gasteiger partial charge in [0.2, 0.25) is 5.91 Å². The van der Waals surface area contributed by atoms with Crippen LogP contribution in [0.2, 0.25) is 0 Å². The number of amides is 1. The molecule has 0 atom stereocenters. The number of carbonyl (C=O) groups is 1. The molecule has 0 aromatic heterocycles. The highest BCUT2D eigenvalue weighted by Crippen LogP contribution is 2.34. The largest absolute Gasteiger partial charge is 0.496 e. The van der Waals surface area contributed by atoms with Crippen molar-refractivity contribution in [3.63, 3.8) is 0 Å². The van der Waals surface area contributed by atoms with Gasteiger partial charge in [-0.1, -0.05) is 0 Å². The van der Waals surface area contributed by atoms with Gasteiger partial charge in [0, 0.05) is 6.07 Å². The van der Waals surface area contributed by atoms with Crippen LogP contribution >= 0.6 is 0 Å². The number of nitrogens with two attached hydrogens (primary N) is 1. The highest BCUT2D eigenvalue weighted by molar-refractivity contribution is 5.75. The number of ether oxygens (including phenoxy) is 3. The van der Waals surface area contributed by atoms with E-state index in [1.165, 1.54) is 0 Å². The molecule has 0 heterocycles. The third kappa shape index (κ3) is 4.33. The van der Waals surface area contributed by atoms with Crippen molar-refractivity contribution in [1.29, 1.82) is 0 Å². The van der Waals surface area contributed by atoms with Gasteiger partial charge in [-0.15, -0.1) is 0 Å². The Labute approximate surface area is 112 Å². The van der Waals surface area contributed by atoms with Crippen LogP contribution in [0.3, 0.4) is 0 Å². The minimum absolute atomic E-state index is 0.162. The molecule has 0 aliphatic rings. The first-order valence-electron chi connectivity index (χ1n) is 5.90. The molecule has 106 valence electrons. The number of benzene rings is 1. The Morgan fingerprint density at radius 2 is 1.68 bits per heavy atom. The molecule has 1 rings (SSSR count). The SMILES string of the molecule is COc1cc(OC)c(OC)cc1CCNCC(N)=O. The second-order valence-corrected chi connectivity index (χ2v) is 3.91. The molecule has 0 aliphatic carbocycles. The third-order valence-electron chi connectivity index (χ3n) is 2.66. The Hall–Kier alpha value is -1.95. The first kappa shape index (κ1) is 15.1. The molecule has 6 heteroatoms. The van der Waals surface area contributed by atoms with Gasteiger partial charge in [0.1, 0.15) is 5.75 Å². The van der Waals surface area contributed by atoms with Gasteiger partial charge in [0.15, 0.2) is 11.5 Å². The molecule has 1 aromatic rings. The van der Waals surface area contributed by atoms with E-state index in [1.807, 2.05) is 6.07 Å². The van der Waals surface area contributed by atoms with Crippen LogP contribution in [0.5, 0.6) is 17.2 Å². The van der Waals surface area contributed by atoms with Crippen LogP contribution in [0, 0.1) is 0 Å². The summed E-state index contributed by atoms with van der Waals surface area (Å²) in [6.07, 6.45) is 0.691. The average molecular weight is 268 g/mol. The number of nitrogens with one attached hydrogen (secondary N) is 1. The molecule has 19 heavy (non-hydrogen) atoms. The van der Waals surface area contributed by atoms with Crippen LogP contribution in [0.1, 0.15) is 5.56 Å². The Morgan fingerprint density at radius 3 is 2.21 bits per heavy atom. The summed E-state index contributed by atoms with van der Waals surface area (Å²) < 4.78 is 15.8. The van der Waals surface area contributed by atoms with Crippen LogP contribution < -0.4 is 25.3 Å². The van der Waals surface area contributed by atoms with E-state index in [-0.39, 0.29) is 12.5 Å². The van der Waals surface area contributed by atoms with Gasteiger partial charge in [-0.05, 0) is 24.6 Å². The molecule has 0 radical (unpaired) electrons. The van der Waals surface area contributed by atoms with E-state index >= 15 is 0 Å². The van der Waals surface area contributed by atoms with E-state index in [0.29, 0.717) is 24.5 Å². The van der Waals surface area contributed by atoms with Gasteiger partial charge in [-0.25, -0.2) is 0 Å². The van der Waals surface area contributed by atoms with Gasteiger partial charge < -0.3 is 25.3 Å². The maximum Gasteiger partial charge on any atom is 0.231 e. The number of primary amides is 1. The van der Waals surface area contributed by atoms with Crippen molar-refractivity contribution in [2.45, 2.75) is 6.42 Å².